The van der Waals surface area contributed by atoms with E-state index < -0.39 is 6.10 Å². The highest BCUT2D eigenvalue weighted by atomic mass is 16.6. The van der Waals surface area contributed by atoms with Crippen molar-refractivity contribution in [3.8, 4) is 0 Å². The molecule has 0 spiro atoms. The van der Waals surface area contributed by atoms with Gasteiger partial charge in [-0.25, -0.2) is 4.79 Å². The molecule has 35 heavy (non-hydrogen) atoms. The van der Waals surface area contributed by atoms with Crippen molar-refractivity contribution >= 4 is 5.97 Å². The number of rotatable bonds is 24. The van der Waals surface area contributed by atoms with E-state index >= 15 is 0 Å². The third-order valence-electron chi connectivity index (χ3n) is 7.20. The Morgan fingerprint density at radius 1 is 0.686 bits per heavy atom. The largest absolute Gasteiger partial charge is 0.463 e. The molecule has 202 valence electrons. The summed E-state index contributed by atoms with van der Waals surface area (Å²) in [5.74, 6) is 0.265. The fourth-order valence-electron chi connectivity index (χ4n) is 4.83. The number of carbonyl (C=O) groups is 1. The maximum atomic E-state index is 12.7. The van der Waals surface area contributed by atoms with E-state index in [9.17, 15) is 4.79 Å². The minimum Gasteiger partial charge on any atom is -0.463 e. The first-order chi connectivity index (χ1) is 17.2. The molecule has 0 amide bonds. The quantitative estimate of drug-likeness (QED) is 0.107. The summed E-state index contributed by atoms with van der Waals surface area (Å²) >= 11 is 0. The van der Waals surface area contributed by atoms with Crippen LogP contribution in [0.1, 0.15) is 135 Å². The SMILES string of the molecule is CCCCCCCCCCC(CCCCCCCCCC)COC(=O)C(Cc1ccccc1)OC. The second kappa shape index (κ2) is 23.1. The van der Waals surface area contributed by atoms with Crippen LogP contribution in [0.15, 0.2) is 30.3 Å². The Kier molecular flexibility index (Phi) is 20.9. The second-order valence-electron chi connectivity index (χ2n) is 10.4. The molecule has 3 nitrogen and oxygen atoms in total. The Morgan fingerprint density at radius 2 is 1.14 bits per heavy atom. The highest BCUT2D eigenvalue weighted by molar-refractivity contribution is 5.75. The predicted octanol–water partition coefficient (Wildman–Crippen LogP) is 9.47. The van der Waals surface area contributed by atoms with E-state index in [1.54, 1.807) is 7.11 Å². The van der Waals surface area contributed by atoms with Crippen molar-refractivity contribution in [1.82, 2.24) is 0 Å². The molecule has 1 aromatic carbocycles. The van der Waals surface area contributed by atoms with Crippen LogP contribution < -0.4 is 0 Å². The van der Waals surface area contributed by atoms with Crippen molar-refractivity contribution in [3.05, 3.63) is 35.9 Å². The summed E-state index contributed by atoms with van der Waals surface area (Å²) in [5.41, 5.74) is 1.10. The Hall–Kier alpha value is -1.35. The molecule has 0 fully saturated rings. The lowest BCUT2D eigenvalue weighted by Crippen LogP contribution is -2.29. The standard InChI is InChI=1S/C32H56O3/c1-4-6-8-10-12-14-16-19-25-30(26-20-17-15-13-11-9-7-5-2)28-35-32(33)31(34-3)27-29-23-21-18-22-24-29/h18,21-24,30-31H,4-17,19-20,25-28H2,1-3H3. The molecule has 1 unspecified atom stereocenters. The van der Waals surface area contributed by atoms with Gasteiger partial charge in [-0.1, -0.05) is 147 Å². The molecular formula is C32H56O3. The average molecular weight is 489 g/mol. The van der Waals surface area contributed by atoms with Crippen molar-refractivity contribution < 1.29 is 14.3 Å². The van der Waals surface area contributed by atoms with Crippen LogP contribution in [0.3, 0.4) is 0 Å². The van der Waals surface area contributed by atoms with E-state index in [1.807, 2.05) is 30.3 Å². The lowest BCUT2D eigenvalue weighted by Gasteiger charge is -2.20. The molecular weight excluding hydrogens is 432 g/mol. The van der Waals surface area contributed by atoms with Crippen molar-refractivity contribution in [2.45, 2.75) is 142 Å². The Labute approximate surface area is 217 Å². The van der Waals surface area contributed by atoms with E-state index in [4.69, 9.17) is 9.47 Å². The van der Waals surface area contributed by atoms with Gasteiger partial charge in [-0.2, -0.15) is 0 Å². The lowest BCUT2D eigenvalue weighted by molar-refractivity contribution is -0.156. The molecule has 3 heteroatoms. The van der Waals surface area contributed by atoms with Crippen LogP contribution in [0.25, 0.3) is 0 Å². The number of hydrogen-bond donors (Lipinski definition) is 0. The Morgan fingerprint density at radius 3 is 1.60 bits per heavy atom. The van der Waals surface area contributed by atoms with Gasteiger partial charge in [0.2, 0.25) is 0 Å². The fourth-order valence-corrected chi connectivity index (χ4v) is 4.83. The molecule has 0 aliphatic heterocycles. The first kappa shape index (κ1) is 31.7. The molecule has 0 aromatic heterocycles. The first-order valence-corrected chi connectivity index (χ1v) is 14.9. The van der Waals surface area contributed by atoms with Gasteiger partial charge in [0.1, 0.15) is 0 Å². The van der Waals surface area contributed by atoms with Gasteiger partial charge in [-0.3, -0.25) is 0 Å². The van der Waals surface area contributed by atoms with Gasteiger partial charge in [-0.05, 0) is 24.3 Å². The zero-order valence-electron chi connectivity index (χ0n) is 23.4. The minimum absolute atomic E-state index is 0.215. The molecule has 0 bridgehead atoms. The summed E-state index contributed by atoms with van der Waals surface area (Å²) in [6.07, 6.45) is 23.9. The number of carbonyl (C=O) groups excluding carboxylic acids is 1. The van der Waals surface area contributed by atoms with E-state index in [0.717, 1.165) is 5.56 Å². The number of hydrogen-bond acceptors (Lipinski definition) is 3. The summed E-state index contributed by atoms with van der Waals surface area (Å²) in [4.78, 5) is 12.7. The normalized spacial score (nSPS) is 12.2. The molecule has 0 radical (unpaired) electrons. The highest BCUT2D eigenvalue weighted by Gasteiger charge is 2.21. The average Bonchev–Trinajstić information content (AvgIpc) is 2.88. The topological polar surface area (TPSA) is 35.5 Å². The van der Waals surface area contributed by atoms with Crippen LogP contribution in [0.5, 0.6) is 0 Å². The van der Waals surface area contributed by atoms with Crippen LogP contribution in [-0.2, 0) is 20.7 Å². The molecule has 0 saturated heterocycles. The summed E-state index contributed by atoms with van der Waals surface area (Å²) in [5, 5.41) is 0. The molecule has 0 heterocycles. The smallest absolute Gasteiger partial charge is 0.335 e. The molecule has 0 aliphatic rings. The van der Waals surface area contributed by atoms with Crippen molar-refractivity contribution in [2.75, 3.05) is 13.7 Å². The minimum atomic E-state index is -0.524. The van der Waals surface area contributed by atoms with Gasteiger partial charge in [0.05, 0.1) is 6.61 Å². The Bertz CT molecular complexity index is 566. The van der Waals surface area contributed by atoms with Crippen molar-refractivity contribution in [3.63, 3.8) is 0 Å². The number of methoxy groups -OCH3 is 1. The van der Waals surface area contributed by atoms with Gasteiger partial charge >= 0.3 is 5.97 Å². The summed E-state index contributed by atoms with van der Waals surface area (Å²) in [7, 11) is 1.60. The lowest BCUT2D eigenvalue weighted by atomic mass is 9.94. The van der Waals surface area contributed by atoms with Gasteiger partial charge in [0.15, 0.2) is 6.10 Å². The summed E-state index contributed by atoms with van der Waals surface area (Å²) in [6.45, 7) is 5.09. The molecule has 1 rings (SSSR count). The van der Waals surface area contributed by atoms with E-state index in [2.05, 4.69) is 13.8 Å². The first-order valence-electron chi connectivity index (χ1n) is 14.9. The maximum absolute atomic E-state index is 12.7. The van der Waals surface area contributed by atoms with Gasteiger partial charge < -0.3 is 9.47 Å². The van der Waals surface area contributed by atoms with Crippen LogP contribution >= 0.6 is 0 Å². The van der Waals surface area contributed by atoms with Gasteiger partial charge in [0, 0.05) is 13.5 Å². The van der Waals surface area contributed by atoms with Crippen LogP contribution in [0, 0.1) is 5.92 Å². The van der Waals surface area contributed by atoms with Gasteiger partial charge in [0.25, 0.3) is 0 Å². The summed E-state index contributed by atoms with van der Waals surface area (Å²) < 4.78 is 11.3. The monoisotopic (exact) mass is 488 g/mol. The van der Waals surface area contributed by atoms with E-state index in [-0.39, 0.29) is 5.97 Å². The Balaban J connectivity index is 2.37. The van der Waals surface area contributed by atoms with Crippen LogP contribution in [0.2, 0.25) is 0 Å². The van der Waals surface area contributed by atoms with Gasteiger partial charge in [-0.15, -0.1) is 0 Å². The van der Waals surface area contributed by atoms with Crippen LogP contribution in [0.4, 0.5) is 0 Å². The van der Waals surface area contributed by atoms with Crippen LogP contribution in [-0.4, -0.2) is 25.8 Å². The number of benzene rings is 1. The second-order valence-corrected chi connectivity index (χ2v) is 10.4. The van der Waals surface area contributed by atoms with E-state index in [1.165, 1.54) is 116 Å². The zero-order chi connectivity index (χ0) is 25.4. The van der Waals surface area contributed by atoms with Crippen molar-refractivity contribution in [2.24, 2.45) is 5.92 Å². The molecule has 0 aliphatic carbocycles. The predicted molar refractivity (Wildman–Crippen MR) is 150 cm³/mol. The fraction of sp³-hybridized carbons (Fsp3) is 0.781. The highest BCUT2D eigenvalue weighted by Crippen LogP contribution is 2.21. The zero-order valence-corrected chi connectivity index (χ0v) is 23.4. The third kappa shape index (κ3) is 17.7. The number of ether oxygens (including phenoxy) is 2. The van der Waals surface area contributed by atoms with E-state index in [0.29, 0.717) is 18.9 Å². The number of unbranched alkanes of at least 4 members (excludes halogenated alkanes) is 14. The number of esters is 1. The molecule has 0 saturated carbocycles. The molecule has 1 aromatic rings. The third-order valence-corrected chi connectivity index (χ3v) is 7.20. The van der Waals surface area contributed by atoms with Crippen molar-refractivity contribution in [1.29, 1.82) is 0 Å². The molecule has 0 N–H and O–H groups in total. The summed E-state index contributed by atoms with van der Waals surface area (Å²) in [6, 6.07) is 10.1. The molecule has 1 atom stereocenters. The maximum Gasteiger partial charge on any atom is 0.335 e.